The van der Waals surface area contributed by atoms with E-state index in [0.717, 1.165) is 24.0 Å². The molecule has 1 atom stereocenters. The van der Waals surface area contributed by atoms with Crippen molar-refractivity contribution in [2.75, 3.05) is 11.4 Å². The number of nitrogens with two attached hydrogens (primary N) is 1. The van der Waals surface area contributed by atoms with E-state index in [1.54, 1.807) is 0 Å². The van der Waals surface area contributed by atoms with Crippen LogP contribution in [-0.2, 0) is 22.4 Å². The maximum atomic E-state index is 13.0. The Bertz CT molecular complexity index is 746. The van der Waals surface area contributed by atoms with Crippen molar-refractivity contribution in [1.82, 2.24) is 0 Å². The lowest BCUT2D eigenvalue weighted by Gasteiger charge is -2.31. The van der Waals surface area contributed by atoms with Crippen molar-refractivity contribution < 1.29 is 14.7 Å². The summed E-state index contributed by atoms with van der Waals surface area (Å²) < 4.78 is 0. The Balaban J connectivity index is 2.46. The minimum Gasteiger partial charge on any atom is -0.480 e. The second kappa shape index (κ2) is 10.5. The average molecular weight is 368 g/mol. The molecule has 0 fully saturated rings. The molecule has 3 N–H and O–H groups in total. The van der Waals surface area contributed by atoms with Crippen LogP contribution in [0.3, 0.4) is 0 Å². The van der Waals surface area contributed by atoms with E-state index < -0.39 is 12.0 Å². The van der Waals surface area contributed by atoms with Crippen LogP contribution < -0.4 is 10.6 Å². The van der Waals surface area contributed by atoms with Crippen LogP contribution in [0.2, 0.25) is 0 Å². The normalized spacial score (nSPS) is 11.8. The molecule has 2 aromatic carbocycles. The van der Waals surface area contributed by atoms with Gasteiger partial charge in [0, 0.05) is 18.5 Å². The predicted molar refractivity (Wildman–Crippen MR) is 108 cm³/mol. The lowest BCUT2D eigenvalue weighted by atomic mass is 10.0. The van der Waals surface area contributed by atoms with Crippen LogP contribution >= 0.6 is 0 Å². The highest BCUT2D eigenvalue weighted by Crippen LogP contribution is 2.26. The zero-order chi connectivity index (χ0) is 19.6. The van der Waals surface area contributed by atoms with Crippen LogP contribution in [0.1, 0.15) is 37.3 Å². The lowest BCUT2D eigenvalue weighted by Crippen LogP contribution is -2.47. The van der Waals surface area contributed by atoms with Crippen LogP contribution in [0.4, 0.5) is 5.69 Å². The van der Waals surface area contributed by atoms with E-state index in [1.165, 1.54) is 4.90 Å². The fourth-order valence-electron chi connectivity index (χ4n) is 3.16. The van der Waals surface area contributed by atoms with Crippen molar-refractivity contribution >= 4 is 17.6 Å². The van der Waals surface area contributed by atoms with E-state index >= 15 is 0 Å². The number of hydrogen-bond acceptors (Lipinski definition) is 3. The van der Waals surface area contributed by atoms with E-state index in [0.29, 0.717) is 25.1 Å². The number of carbonyl (C=O) groups is 2. The van der Waals surface area contributed by atoms with Crippen molar-refractivity contribution in [2.45, 2.75) is 45.1 Å². The van der Waals surface area contributed by atoms with E-state index in [-0.39, 0.29) is 12.3 Å². The van der Waals surface area contributed by atoms with Gasteiger partial charge < -0.3 is 10.8 Å². The first-order valence-electron chi connectivity index (χ1n) is 9.45. The van der Waals surface area contributed by atoms with Gasteiger partial charge in [0.15, 0.2) is 0 Å². The molecule has 27 heavy (non-hydrogen) atoms. The third-order valence-corrected chi connectivity index (χ3v) is 4.55. The molecule has 0 aromatic heterocycles. The molecular weight excluding hydrogens is 340 g/mol. The molecule has 0 heterocycles. The summed E-state index contributed by atoms with van der Waals surface area (Å²) >= 11 is 0. The van der Waals surface area contributed by atoms with Crippen molar-refractivity contribution in [1.29, 1.82) is 0 Å². The van der Waals surface area contributed by atoms with E-state index in [2.05, 4.69) is 0 Å². The van der Waals surface area contributed by atoms with Gasteiger partial charge in [0.05, 0.1) is 0 Å². The average Bonchev–Trinajstić information content (AvgIpc) is 2.68. The molecule has 144 valence electrons. The first kappa shape index (κ1) is 20.6. The van der Waals surface area contributed by atoms with Gasteiger partial charge in [-0.15, -0.1) is 0 Å². The summed E-state index contributed by atoms with van der Waals surface area (Å²) in [6.07, 6.45) is 2.77. The SMILES string of the molecule is CCCCC(=O)N(c1ccccc1CCN)[C@@H](Cc1ccccc1)C(=O)O. The number of carboxylic acids is 1. The number of benzene rings is 2. The number of para-hydroxylation sites is 1. The maximum Gasteiger partial charge on any atom is 0.327 e. The van der Waals surface area contributed by atoms with Gasteiger partial charge in [0.2, 0.25) is 5.91 Å². The zero-order valence-electron chi connectivity index (χ0n) is 15.8. The molecule has 0 bridgehead atoms. The molecule has 5 nitrogen and oxygen atoms in total. The van der Waals surface area contributed by atoms with Crippen LogP contribution in [-0.4, -0.2) is 29.6 Å². The highest BCUT2D eigenvalue weighted by molar-refractivity contribution is 5.99. The highest BCUT2D eigenvalue weighted by Gasteiger charge is 2.32. The van der Waals surface area contributed by atoms with Gasteiger partial charge >= 0.3 is 5.97 Å². The van der Waals surface area contributed by atoms with Gasteiger partial charge in [0.1, 0.15) is 6.04 Å². The fraction of sp³-hybridized carbons (Fsp3) is 0.364. The van der Waals surface area contributed by atoms with Crippen molar-refractivity contribution in [3.05, 3.63) is 65.7 Å². The molecule has 0 aliphatic rings. The quantitative estimate of drug-likeness (QED) is 0.673. The van der Waals surface area contributed by atoms with Gasteiger partial charge in [0.25, 0.3) is 0 Å². The number of aliphatic carboxylic acids is 1. The number of carbonyl (C=O) groups excluding carboxylic acids is 1. The molecule has 2 rings (SSSR count). The Kier molecular flexibility index (Phi) is 8.01. The number of amides is 1. The van der Waals surface area contributed by atoms with Gasteiger partial charge in [-0.1, -0.05) is 61.9 Å². The first-order chi connectivity index (χ1) is 13.1. The highest BCUT2D eigenvalue weighted by atomic mass is 16.4. The van der Waals surface area contributed by atoms with E-state index in [4.69, 9.17) is 5.73 Å². The fourth-order valence-corrected chi connectivity index (χ4v) is 3.16. The van der Waals surface area contributed by atoms with Crippen LogP contribution in [0.5, 0.6) is 0 Å². The number of hydrogen-bond donors (Lipinski definition) is 2. The van der Waals surface area contributed by atoms with Gasteiger partial charge in [-0.05, 0) is 36.6 Å². The predicted octanol–water partition coefficient (Wildman–Crippen LogP) is 3.41. The molecule has 5 heteroatoms. The monoisotopic (exact) mass is 368 g/mol. The molecule has 0 aliphatic heterocycles. The molecule has 0 saturated heterocycles. The summed E-state index contributed by atoms with van der Waals surface area (Å²) in [6, 6.07) is 15.9. The molecule has 2 aromatic rings. The second-order valence-corrected chi connectivity index (χ2v) is 6.58. The van der Waals surface area contributed by atoms with Crippen LogP contribution in [0, 0.1) is 0 Å². The van der Waals surface area contributed by atoms with E-state index in [1.807, 2.05) is 61.5 Å². The zero-order valence-corrected chi connectivity index (χ0v) is 15.8. The standard InChI is InChI=1S/C22H28N2O3/c1-2-3-13-21(25)24(19-12-8-7-11-18(19)14-15-23)20(22(26)27)16-17-9-5-4-6-10-17/h4-12,20H,2-3,13-16,23H2,1H3,(H,26,27)/t20-/m0/s1. The van der Waals surface area contributed by atoms with Crippen molar-refractivity contribution in [3.8, 4) is 0 Å². The van der Waals surface area contributed by atoms with Gasteiger partial charge in [-0.2, -0.15) is 0 Å². The minimum atomic E-state index is -1.01. The van der Waals surface area contributed by atoms with Crippen LogP contribution in [0.25, 0.3) is 0 Å². The lowest BCUT2D eigenvalue weighted by molar-refractivity contribution is -0.140. The summed E-state index contributed by atoms with van der Waals surface area (Å²) in [6.45, 7) is 2.45. The third-order valence-electron chi connectivity index (χ3n) is 4.55. The molecule has 0 aliphatic carbocycles. The molecule has 1 amide bonds. The van der Waals surface area contributed by atoms with Gasteiger partial charge in [-0.25, -0.2) is 4.79 Å². The number of rotatable bonds is 10. The number of carboxylic acid groups (broad SMARTS) is 1. The summed E-state index contributed by atoms with van der Waals surface area (Å²) in [7, 11) is 0. The third kappa shape index (κ3) is 5.66. The summed E-state index contributed by atoms with van der Waals surface area (Å²) in [5.74, 6) is -1.17. The first-order valence-corrected chi connectivity index (χ1v) is 9.45. The van der Waals surface area contributed by atoms with Crippen molar-refractivity contribution in [3.63, 3.8) is 0 Å². The Morgan fingerprint density at radius 3 is 2.37 bits per heavy atom. The number of unbranched alkanes of at least 4 members (excludes halogenated alkanes) is 1. The molecule has 0 unspecified atom stereocenters. The Hall–Kier alpha value is -2.66. The van der Waals surface area contributed by atoms with Crippen molar-refractivity contribution in [2.24, 2.45) is 5.73 Å². The summed E-state index contributed by atoms with van der Waals surface area (Å²) in [4.78, 5) is 26.6. The summed E-state index contributed by atoms with van der Waals surface area (Å²) in [5.41, 5.74) is 8.15. The smallest absolute Gasteiger partial charge is 0.327 e. The Labute approximate surface area is 160 Å². The number of anilines is 1. The van der Waals surface area contributed by atoms with Crippen LogP contribution in [0.15, 0.2) is 54.6 Å². The largest absolute Gasteiger partial charge is 0.480 e. The van der Waals surface area contributed by atoms with E-state index in [9.17, 15) is 14.7 Å². The molecule has 0 saturated carbocycles. The summed E-state index contributed by atoms with van der Waals surface area (Å²) in [5, 5.41) is 9.94. The van der Waals surface area contributed by atoms with Gasteiger partial charge in [-0.3, -0.25) is 9.69 Å². The minimum absolute atomic E-state index is 0.162. The Morgan fingerprint density at radius 2 is 1.74 bits per heavy atom. The second-order valence-electron chi connectivity index (χ2n) is 6.58. The maximum absolute atomic E-state index is 13.0. The Morgan fingerprint density at radius 1 is 1.07 bits per heavy atom. The topological polar surface area (TPSA) is 83.6 Å². The molecular formula is C22H28N2O3. The molecule has 0 radical (unpaired) electrons. The molecule has 0 spiro atoms. The number of nitrogens with zero attached hydrogens (tertiary/aromatic N) is 1.